The van der Waals surface area contributed by atoms with Crippen molar-refractivity contribution in [2.45, 2.75) is 32.2 Å². The van der Waals surface area contributed by atoms with Crippen LogP contribution in [0, 0.1) is 0 Å². The van der Waals surface area contributed by atoms with Gasteiger partial charge in [-0.2, -0.15) is 0 Å². The summed E-state index contributed by atoms with van der Waals surface area (Å²) >= 11 is 0. The zero-order chi connectivity index (χ0) is 10.3. The van der Waals surface area contributed by atoms with Crippen LogP contribution in [0.2, 0.25) is 0 Å². The largest absolute Gasteiger partial charge is 0.394 e. The number of hydrogen-bond acceptors (Lipinski definition) is 3. The minimum absolute atomic E-state index is 0.0395. The first kappa shape index (κ1) is 12.4. The summed E-state index contributed by atoms with van der Waals surface area (Å²) in [4.78, 5) is 11.2. The normalized spacial score (nSPS) is 15.1. The molecule has 0 heterocycles. The summed E-state index contributed by atoms with van der Waals surface area (Å²) in [5, 5.41) is 11.8. The number of methoxy groups -OCH3 is 1. The molecular formula is C9H19NO3. The molecule has 0 fully saturated rings. The molecule has 78 valence electrons. The Labute approximate surface area is 79.3 Å². The fourth-order valence-corrected chi connectivity index (χ4v) is 0.834. The van der Waals surface area contributed by atoms with Crippen molar-refractivity contribution in [1.29, 1.82) is 0 Å². The average Bonchev–Trinajstić information content (AvgIpc) is 2.14. The van der Waals surface area contributed by atoms with Gasteiger partial charge in [-0.25, -0.2) is 0 Å². The Bertz CT molecular complexity index is 155. The predicted octanol–water partition coefficient (Wildman–Crippen LogP) is 0.300. The maximum Gasteiger partial charge on any atom is 0.222 e. The van der Waals surface area contributed by atoms with Gasteiger partial charge in [-0.3, -0.25) is 4.79 Å². The van der Waals surface area contributed by atoms with E-state index in [0.29, 0.717) is 19.4 Å². The molecule has 0 aromatic rings. The van der Waals surface area contributed by atoms with Gasteiger partial charge in [-0.1, -0.05) is 6.92 Å². The maximum absolute atomic E-state index is 11.2. The zero-order valence-electron chi connectivity index (χ0n) is 8.59. The molecule has 0 aliphatic rings. The fourth-order valence-electron chi connectivity index (χ4n) is 0.834. The lowest BCUT2D eigenvalue weighted by Gasteiger charge is -2.27. The summed E-state index contributed by atoms with van der Waals surface area (Å²) in [5.41, 5.74) is -0.495. The van der Waals surface area contributed by atoms with Gasteiger partial charge in [0, 0.05) is 13.5 Å². The number of aliphatic hydroxyl groups excluding tert-OH is 1. The van der Waals surface area contributed by atoms with Crippen LogP contribution in [-0.2, 0) is 9.53 Å². The number of carbonyl (C=O) groups is 1. The van der Waals surface area contributed by atoms with Crippen LogP contribution in [0.1, 0.15) is 26.7 Å². The van der Waals surface area contributed by atoms with E-state index in [2.05, 4.69) is 5.32 Å². The van der Waals surface area contributed by atoms with Gasteiger partial charge in [0.1, 0.15) is 0 Å². The van der Waals surface area contributed by atoms with Crippen LogP contribution in [0.25, 0.3) is 0 Å². The van der Waals surface area contributed by atoms with Gasteiger partial charge in [0.2, 0.25) is 5.91 Å². The van der Waals surface area contributed by atoms with Crippen molar-refractivity contribution in [3.8, 4) is 0 Å². The van der Waals surface area contributed by atoms with Crippen molar-refractivity contribution in [3.63, 3.8) is 0 Å². The smallest absolute Gasteiger partial charge is 0.222 e. The van der Waals surface area contributed by atoms with Crippen molar-refractivity contribution in [2.24, 2.45) is 0 Å². The van der Waals surface area contributed by atoms with Crippen LogP contribution < -0.4 is 5.32 Å². The quantitative estimate of drug-likeness (QED) is 0.632. The Kier molecular flexibility index (Phi) is 5.66. The molecule has 2 N–H and O–H groups in total. The summed E-state index contributed by atoms with van der Waals surface area (Å²) in [6, 6.07) is 0. The van der Waals surface area contributed by atoms with E-state index in [9.17, 15) is 4.79 Å². The highest BCUT2D eigenvalue weighted by Crippen LogP contribution is 2.07. The highest BCUT2D eigenvalue weighted by molar-refractivity contribution is 5.76. The van der Waals surface area contributed by atoms with Crippen molar-refractivity contribution in [3.05, 3.63) is 0 Å². The number of carbonyl (C=O) groups excluding carboxylic acids is 1. The second-order valence-corrected chi connectivity index (χ2v) is 3.36. The van der Waals surface area contributed by atoms with Crippen LogP contribution in [0.15, 0.2) is 0 Å². The third-order valence-corrected chi connectivity index (χ3v) is 2.10. The van der Waals surface area contributed by atoms with E-state index in [1.165, 1.54) is 0 Å². The first-order valence-electron chi connectivity index (χ1n) is 4.49. The second kappa shape index (κ2) is 5.94. The number of ether oxygens (including phenoxy) is 1. The topological polar surface area (TPSA) is 58.6 Å². The van der Waals surface area contributed by atoms with E-state index in [1.807, 2.05) is 13.8 Å². The van der Waals surface area contributed by atoms with Crippen LogP contribution in [0.4, 0.5) is 0 Å². The maximum atomic E-state index is 11.2. The molecule has 13 heavy (non-hydrogen) atoms. The van der Waals surface area contributed by atoms with Crippen LogP contribution in [0.5, 0.6) is 0 Å². The highest BCUT2D eigenvalue weighted by Gasteiger charge is 2.22. The Morgan fingerprint density at radius 2 is 2.23 bits per heavy atom. The fraction of sp³-hybridized carbons (Fsp3) is 0.889. The molecule has 4 heteroatoms. The van der Waals surface area contributed by atoms with Crippen LogP contribution >= 0.6 is 0 Å². The molecule has 0 saturated heterocycles. The summed E-state index contributed by atoms with van der Waals surface area (Å²) < 4.78 is 4.77. The van der Waals surface area contributed by atoms with Gasteiger partial charge in [-0.05, 0) is 13.3 Å². The molecule has 4 nitrogen and oxygen atoms in total. The highest BCUT2D eigenvalue weighted by atomic mass is 16.5. The summed E-state index contributed by atoms with van der Waals surface area (Å²) in [6.45, 7) is 4.11. The Balaban J connectivity index is 3.87. The molecule has 0 radical (unpaired) electrons. The molecule has 0 spiro atoms. The first-order chi connectivity index (χ1) is 6.08. The van der Waals surface area contributed by atoms with Gasteiger partial charge in [-0.15, -0.1) is 0 Å². The average molecular weight is 189 g/mol. The molecule has 1 amide bonds. The zero-order valence-corrected chi connectivity index (χ0v) is 8.59. The Morgan fingerprint density at radius 1 is 1.62 bits per heavy atom. The molecule has 0 rings (SSSR count). The molecule has 0 aromatic heterocycles. The molecule has 0 aromatic carbocycles. The Hall–Kier alpha value is -0.610. The van der Waals surface area contributed by atoms with Crippen molar-refractivity contribution in [2.75, 3.05) is 20.3 Å². The standard InChI is InChI=1S/C9H19NO3/c1-4-9(2,7-11)10-8(12)5-6-13-3/h11H,4-7H2,1-3H3,(H,10,12). The monoisotopic (exact) mass is 189 g/mol. The summed E-state index contributed by atoms with van der Waals surface area (Å²) in [7, 11) is 1.55. The van der Waals surface area contributed by atoms with Gasteiger partial charge >= 0.3 is 0 Å². The minimum atomic E-state index is -0.495. The molecule has 1 atom stereocenters. The van der Waals surface area contributed by atoms with E-state index in [4.69, 9.17) is 9.84 Å². The molecule has 0 aliphatic heterocycles. The molecule has 0 saturated carbocycles. The molecule has 0 aliphatic carbocycles. The molecule has 0 bridgehead atoms. The minimum Gasteiger partial charge on any atom is -0.394 e. The van der Waals surface area contributed by atoms with E-state index in [-0.39, 0.29) is 12.5 Å². The molecular weight excluding hydrogens is 170 g/mol. The van der Waals surface area contributed by atoms with E-state index in [1.54, 1.807) is 7.11 Å². The summed E-state index contributed by atoms with van der Waals surface area (Å²) in [6.07, 6.45) is 1.05. The second-order valence-electron chi connectivity index (χ2n) is 3.36. The first-order valence-corrected chi connectivity index (χ1v) is 4.49. The van der Waals surface area contributed by atoms with Crippen LogP contribution in [-0.4, -0.2) is 36.9 Å². The van der Waals surface area contributed by atoms with Crippen molar-refractivity contribution < 1.29 is 14.6 Å². The molecule has 1 unspecified atom stereocenters. The lowest BCUT2D eigenvalue weighted by molar-refractivity contribution is -0.124. The van der Waals surface area contributed by atoms with Gasteiger partial charge in [0.15, 0.2) is 0 Å². The van der Waals surface area contributed by atoms with Crippen molar-refractivity contribution in [1.82, 2.24) is 5.32 Å². The van der Waals surface area contributed by atoms with E-state index in [0.717, 1.165) is 0 Å². The van der Waals surface area contributed by atoms with Gasteiger partial charge < -0.3 is 15.2 Å². The SMILES string of the molecule is CCC(C)(CO)NC(=O)CCOC. The number of hydrogen-bond donors (Lipinski definition) is 2. The number of aliphatic hydroxyl groups is 1. The number of rotatable bonds is 6. The number of nitrogens with one attached hydrogen (secondary N) is 1. The van der Waals surface area contributed by atoms with E-state index < -0.39 is 5.54 Å². The van der Waals surface area contributed by atoms with Crippen molar-refractivity contribution >= 4 is 5.91 Å². The van der Waals surface area contributed by atoms with Gasteiger partial charge in [0.05, 0.1) is 18.8 Å². The van der Waals surface area contributed by atoms with Gasteiger partial charge in [0.25, 0.3) is 0 Å². The lowest BCUT2D eigenvalue weighted by atomic mass is 10.0. The third-order valence-electron chi connectivity index (χ3n) is 2.10. The third kappa shape index (κ3) is 4.85. The van der Waals surface area contributed by atoms with Crippen LogP contribution in [0.3, 0.4) is 0 Å². The summed E-state index contributed by atoms with van der Waals surface area (Å²) in [5.74, 6) is -0.0831. The van der Waals surface area contributed by atoms with E-state index >= 15 is 0 Å². The lowest BCUT2D eigenvalue weighted by Crippen LogP contribution is -2.48. The number of amides is 1. The predicted molar refractivity (Wildman–Crippen MR) is 50.4 cm³/mol. The Morgan fingerprint density at radius 3 is 2.62 bits per heavy atom.